The summed E-state index contributed by atoms with van der Waals surface area (Å²) in [5.41, 5.74) is 0. The lowest BCUT2D eigenvalue weighted by molar-refractivity contribution is 0.233. The number of nitrogens with zero attached hydrogens (tertiary/aromatic N) is 1. The van der Waals surface area contributed by atoms with E-state index in [0.717, 1.165) is 19.4 Å². The van der Waals surface area contributed by atoms with Crippen LogP contribution in [0, 0.1) is 5.92 Å². The summed E-state index contributed by atoms with van der Waals surface area (Å²) in [6, 6.07) is 2.25. The molecule has 20 heavy (non-hydrogen) atoms. The highest BCUT2D eigenvalue weighted by Gasteiger charge is 2.32. The first-order valence-corrected chi connectivity index (χ1v) is 10.0. The third-order valence-electron chi connectivity index (χ3n) is 3.89. The van der Waals surface area contributed by atoms with Crippen LogP contribution in [0.1, 0.15) is 26.7 Å². The molecule has 1 atom stereocenters. The normalized spacial score (nSPS) is 20.1. The van der Waals surface area contributed by atoms with Gasteiger partial charge >= 0.3 is 0 Å². The second kappa shape index (κ2) is 6.87. The summed E-state index contributed by atoms with van der Waals surface area (Å²) in [4.78, 5) is 0. The molecular formula is C13H21BrN2O2S2. The molecule has 0 amide bonds. The van der Waals surface area contributed by atoms with Gasteiger partial charge in [0, 0.05) is 23.6 Å². The van der Waals surface area contributed by atoms with Crippen molar-refractivity contribution in [2.75, 3.05) is 19.6 Å². The summed E-state index contributed by atoms with van der Waals surface area (Å²) in [5, 5.41) is 5.23. The van der Waals surface area contributed by atoms with Crippen molar-refractivity contribution < 1.29 is 8.42 Å². The third kappa shape index (κ3) is 3.44. The van der Waals surface area contributed by atoms with Crippen molar-refractivity contribution in [3.05, 3.63) is 15.9 Å². The minimum absolute atomic E-state index is 0.427. The Hall–Kier alpha value is 0.0500. The number of sulfonamides is 1. The van der Waals surface area contributed by atoms with Gasteiger partial charge in [-0.05, 0) is 59.6 Å². The predicted octanol–water partition coefficient (Wildman–Crippen LogP) is 2.91. The first-order chi connectivity index (χ1) is 9.46. The largest absolute Gasteiger partial charge is 0.314 e. The minimum atomic E-state index is -3.33. The van der Waals surface area contributed by atoms with Gasteiger partial charge in [0.05, 0.1) is 0 Å². The fourth-order valence-electron chi connectivity index (χ4n) is 2.69. The maximum Gasteiger partial charge on any atom is 0.253 e. The van der Waals surface area contributed by atoms with Crippen molar-refractivity contribution in [1.29, 1.82) is 0 Å². The summed E-state index contributed by atoms with van der Waals surface area (Å²) >= 11 is 4.60. The van der Waals surface area contributed by atoms with Gasteiger partial charge in [-0.15, -0.1) is 11.3 Å². The SMILES string of the molecule is CCNC(C)C1CCN(S(=O)(=O)c2sccc2Br)CC1. The van der Waals surface area contributed by atoms with E-state index in [1.807, 2.05) is 0 Å². The quantitative estimate of drug-likeness (QED) is 0.853. The van der Waals surface area contributed by atoms with Gasteiger partial charge in [-0.2, -0.15) is 4.31 Å². The molecule has 1 fully saturated rings. The van der Waals surface area contributed by atoms with E-state index < -0.39 is 10.0 Å². The Balaban J connectivity index is 2.02. The first-order valence-electron chi connectivity index (χ1n) is 6.93. The molecule has 2 heterocycles. The second-order valence-corrected chi connectivity index (χ2v) is 9.05. The van der Waals surface area contributed by atoms with Gasteiger partial charge in [0.25, 0.3) is 10.0 Å². The van der Waals surface area contributed by atoms with Gasteiger partial charge < -0.3 is 5.32 Å². The Kier molecular flexibility index (Phi) is 5.64. The van der Waals surface area contributed by atoms with Crippen LogP contribution in [0.15, 0.2) is 20.1 Å². The standard InChI is InChI=1S/C13H21BrN2O2S2/c1-3-15-10(2)11-4-7-16(8-5-11)20(17,18)13-12(14)6-9-19-13/h6,9-11,15H,3-5,7-8H2,1-2H3. The maximum absolute atomic E-state index is 12.6. The number of hydrogen-bond acceptors (Lipinski definition) is 4. The topological polar surface area (TPSA) is 49.4 Å². The number of thiophene rings is 1. The summed E-state index contributed by atoms with van der Waals surface area (Å²) in [6.07, 6.45) is 1.85. The smallest absolute Gasteiger partial charge is 0.253 e. The van der Waals surface area contributed by atoms with Crippen molar-refractivity contribution >= 4 is 37.3 Å². The van der Waals surface area contributed by atoms with Crippen LogP contribution in [0.5, 0.6) is 0 Å². The predicted molar refractivity (Wildman–Crippen MR) is 86.6 cm³/mol. The average molecular weight is 381 g/mol. The van der Waals surface area contributed by atoms with Gasteiger partial charge in [-0.1, -0.05) is 6.92 Å². The van der Waals surface area contributed by atoms with E-state index in [1.165, 1.54) is 11.3 Å². The molecule has 1 N–H and O–H groups in total. The molecule has 2 rings (SSSR count). The van der Waals surface area contributed by atoms with E-state index in [4.69, 9.17) is 0 Å². The molecule has 0 aliphatic carbocycles. The van der Waals surface area contributed by atoms with Gasteiger partial charge in [-0.3, -0.25) is 0 Å². The van der Waals surface area contributed by atoms with E-state index in [1.54, 1.807) is 15.8 Å². The Bertz CT molecular complexity index is 536. The van der Waals surface area contributed by atoms with Crippen LogP contribution in [-0.4, -0.2) is 38.4 Å². The van der Waals surface area contributed by atoms with E-state index in [9.17, 15) is 8.42 Å². The zero-order chi connectivity index (χ0) is 14.8. The Labute approximate surface area is 133 Å². The van der Waals surface area contributed by atoms with Crippen LogP contribution < -0.4 is 5.32 Å². The number of rotatable bonds is 5. The van der Waals surface area contributed by atoms with Crippen LogP contribution >= 0.6 is 27.3 Å². The van der Waals surface area contributed by atoms with Gasteiger partial charge in [0.1, 0.15) is 4.21 Å². The molecule has 1 aliphatic rings. The van der Waals surface area contributed by atoms with Crippen molar-refractivity contribution in [3.63, 3.8) is 0 Å². The molecule has 0 radical (unpaired) electrons. The van der Waals surface area contributed by atoms with Gasteiger partial charge in [-0.25, -0.2) is 8.42 Å². The third-order valence-corrected chi connectivity index (χ3v) is 8.44. The van der Waals surface area contributed by atoms with Crippen LogP contribution in [0.2, 0.25) is 0 Å². The number of hydrogen-bond donors (Lipinski definition) is 1. The van der Waals surface area contributed by atoms with Crippen LogP contribution in [0.25, 0.3) is 0 Å². The molecule has 1 saturated heterocycles. The Morgan fingerprint density at radius 1 is 1.50 bits per heavy atom. The van der Waals surface area contributed by atoms with Crippen molar-refractivity contribution in [2.45, 2.75) is 36.9 Å². The Morgan fingerprint density at radius 3 is 2.65 bits per heavy atom. The van der Waals surface area contributed by atoms with E-state index >= 15 is 0 Å². The van der Waals surface area contributed by atoms with Crippen LogP contribution in [0.4, 0.5) is 0 Å². The number of halogens is 1. The molecule has 0 saturated carbocycles. The number of nitrogens with one attached hydrogen (secondary N) is 1. The molecular weight excluding hydrogens is 360 g/mol. The van der Waals surface area contributed by atoms with Crippen molar-refractivity contribution in [3.8, 4) is 0 Å². The van der Waals surface area contributed by atoms with E-state index in [-0.39, 0.29) is 0 Å². The first kappa shape index (κ1) is 16.4. The highest BCUT2D eigenvalue weighted by Crippen LogP contribution is 2.32. The summed E-state index contributed by atoms with van der Waals surface area (Å²) in [7, 11) is -3.33. The molecule has 0 aromatic carbocycles. The minimum Gasteiger partial charge on any atom is -0.314 e. The molecule has 0 spiro atoms. The molecule has 1 aliphatic heterocycles. The molecule has 1 aromatic rings. The molecule has 0 bridgehead atoms. The highest BCUT2D eigenvalue weighted by atomic mass is 79.9. The van der Waals surface area contributed by atoms with Crippen LogP contribution in [0.3, 0.4) is 0 Å². The maximum atomic E-state index is 12.6. The molecule has 7 heteroatoms. The second-order valence-electron chi connectivity index (χ2n) is 5.14. The molecule has 1 aromatic heterocycles. The monoisotopic (exact) mass is 380 g/mol. The van der Waals surface area contributed by atoms with Crippen molar-refractivity contribution in [1.82, 2.24) is 9.62 Å². The summed E-state index contributed by atoms with van der Waals surface area (Å²) in [6.45, 7) is 6.49. The molecule has 4 nitrogen and oxygen atoms in total. The fraction of sp³-hybridized carbons (Fsp3) is 0.692. The molecule has 1 unspecified atom stereocenters. The van der Waals surface area contributed by atoms with Gasteiger partial charge in [0.2, 0.25) is 0 Å². The lowest BCUT2D eigenvalue weighted by atomic mass is 9.91. The number of piperidine rings is 1. The zero-order valence-electron chi connectivity index (χ0n) is 11.8. The fourth-order valence-corrected chi connectivity index (χ4v) is 6.61. The van der Waals surface area contributed by atoms with E-state index in [0.29, 0.717) is 33.7 Å². The zero-order valence-corrected chi connectivity index (χ0v) is 15.0. The summed E-state index contributed by atoms with van der Waals surface area (Å²) in [5.74, 6) is 0.563. The van der Waals surface area contributed by atoms with Gasteiger partial charge in [0.15, 0.2) is 0 Å². The molecule has 114 valence electrons. The summed E-state index contributed by atoms with van der Waals surface area (Å²) < 4.78 is 27.8. The van der Waals surface area contributed by atoms with E-state index in [2.05, 4.69) is 35.1 Å². The lowest BCUT2D eigenvalue weighted by Gasteiger charge is -2.34. The van der Waals surface area contributed by atoms with Crippen LogP contribution in [-0.2, 0) is 10.0 Å². The lowest BCUT2D eigenvalue weighted by Crippen LogP contribution is -2.43. The Morgan fingerprint density at radius 2 is 2.15 bits per heavy atom. The average Bonchev–Trinajstić information content (AvgIpc) is 2.86. The van der Waals surface area contributed by atoms with Crippen molar-refractivity contribution in [2.24, 2.45) is 5.92 Å². The highest BCUT2D eigenvalue weighted by molar-refractivity contribution is 9.10.